The standard InChI is InChI=1S/C21H28N4O2/c1-14-8-15(2)10-19(9-14)27-13-25-7-6-20(23-25)21(26)22-16-11-17-4-5-18(12-16)24(17)3/h6-10,16-18H,4-5,11-13H2,1-3H3,(H,22,26). The topological polar surface area (TPSA) is 59.4 Å². The number of carbonyl (C=O) groups is 1. The van der Waals surface area contributed by atoms with Crippen molar-refractivity contribution in [1.82, 2.24) is 20.0 Å². The lowest BCUT2D eigenvalue weighted by Crippen LogP contribution is -2.48. The van der Waals surface area contributed by atoms with Gasteiger partial charge in [-0.25, -0.2) is 4.68 Å². The zero-order valence-corrected chi connectivity index (χ0v) is 16.3. The van der Waals surface area contributed by atoms with Crippen molar-refractivity contribution in [2.75, 3.05) is 7.05 Å². The molecule has 1 aromatic heterocycles. The summed E-state index contributed by atoms with van der Waals surface area (Å²) < 4.78 is 7.47. The number of nitrogens with one attached hydrogen (secondary N) is 1. The third-order valence-corrected chi connectivity index (χ3v) is 5.87. The highest BCUT2D eigenvalue weighted by Crippen LogP contribution is 2.34. The fourth-order valence-electron chi connectivity index (χ4n) is 4.50. The van der Waals surface area contributed by atoms with Crippen LogP contribution in [-0.2, 0) is 6.73 Å². The number of amides is 1. The van der Waals surface area contributed by atoms with Crippen molar-refractivity contribution in [3.8, 4) is 5.75 Å². The van der Waals surface area contributed by atoms with E-state index in [9.17, 15) is 4.79 Å². The van der Waals surface area contributed by atoms with Gasteiger partial charge in [0.2, 0.25) is 0 Å². The molecule has 1 aromatic carbocycles. The Balaban J connectivity index is 1.33. The Bertz CT molecular complexity index is 797. The molecule has 2 unspecified atom stereocenters. The van der Waals surface area contributed by atoms with E-state index in [-0.39, 0.29) is 18.7 Å². The Morgan fingerprint density at radius 3 is 2.52 bits per heavy atom. The normalized spacial score (nSPS) is 24.8. The highest BCUT2D eigenvalue weighted by molar-refractivity contribution is 5.92. The van der Waals surface area contributed by atoms with Crippen LogP contribution in [0.25, 0.3) is 0 Å². The molecule has 2 aliphatic heterocycles. The number of hydrogen-bond donors (Lipinski definition) is 1. The van der Waals surface area contributed by atoms with Crippen LogP contribution in [0.15, 0.2) is 30.5 Å². The van der Waals surface area contributed by atoms with Crippen LogP contribution in [0.2, 0.25) is 0 Å². The quantitative estimate of drug-likeness (QED) is 0.882. The molecule has 2 saturated heterocycles. The Kier molecular flexibility index (Phi) is 4.91. The van der Waals surface area contributed by atoms with Gasteiger partial charge in [0, 0.05) is 24.3 Å². The Morgan fingerprint density at radius 2 is 1.85 bits per heavy atom. The summed E-state index contributed by atoms with van der Waals surface area (Å²) in [6.45, 7) is 4.38. The van der Waals surface area contributed by atoms with E-state index in [4.69, 9.17) is 4.74 Å². The van der Waals surface area contributed by atoms with E-state index in [1.807, 2.05) is 26.0 Å². The van der Waals surface area contributed by atoms with Crippen LogP contribution in [0.1, 0.15) is 47.3 Å². The van der Waals surface area contributed by atoms with Gasteiger partial charge in [-0.1, -0.05) is 6.07 Å². The van der Waals surface area contributed by atoms with Gasteiger partial charge in [0.15, 0.2) is 6.73 Å². The molecule has 1 N–H and O–H groups in total. The van der Waals surface area contributed by atoms with Crippen molar-refractivity contribution in [2.45, 2.75) is 64.4 Å². The Morgan fingerprint density at radius 1 is 1.19 bits per heavy atom. The van der Waals surface area contributed by atoms with Crippen LogP contribution >= 0.6 is 0 Å². The fourth-order valence-corrected chi connectivity index (χ4v) is 4.50. The summed E-state index contributed by atoms with van der Waals surface area (Å²) in [5, 5.41) is 7.55. The van der Waals surface area contributed by atoms with Gasteiger partial charge >= 0.3 is 0 Å². The van der Waals surface area contributed by atoms with E-state index in [2.05, 4.69) is 28.4 Å². The number of piperidine rings is 1. The van der Waals surface area contributed by atoms with Crippen LogP contribution < -0.4 is 10.1 Å². The first-order chi connectivity index (χ1) is 13.0. The molecule has 0 spiro atoms. The summed E-state index contributed by atoms with van der Waals surface area (Å²) in [7, 11) is 2.21. The van der Waals surface area contributed by atoms with Gasteiger partial charge in [-0.05, 0) is 75.9 Å². The van der Waals surface area contributed by atoms with Crippen LogP contribution in [-0.4, -0.2) is 45.8 Å². The van der Waals surface area contributed by atoms with Gasteiger partial charge in [-0.2, -0.15) is 5.10 Å². The molecule has 144 valence electrons. The van der Waals surface area contributed by atoms with Crippen LogP contribution in [0, 0.1) is 13.8 Å². The molecule has 0 saturated carbocycles. The molecule has 2 aromatic rings. The molecule has 0 aliphatic carbocycles. The second kappa shape index (κ2) is 7.35. The Hall–Kier alpha value is -2.34. The lowest BCUT2D eigenvalue weighted by Gasteiger charge is -2.36. The number of ether oxygens (including phenoxy) is 1. The Labute approximate surface area is 160 Å². The fraction of sp³-hybridized carbons (Fsp3) is 0.524. The molecular formula is C21H28N4O2. The largest absolute Gasteiger partial charge is 0.471 e. The first-order valence-corrected chi connectivity index (χ1v) is 9.75. The number of carbonyl (C=O) groups excluding carboxylic acids is 1. The number of fused-ring (bicyclic) bond motifs is 2. The van der Waals surface area contributed by atoms with Gasteiger partial charge in [-0.3, -0.25) is 4.79 Å². The molecule has 0 radical (unpaired) electrons. The molecule has 3 heterocycles. The molecule has 6 heteroatoms. The predicted molar refractivity (Wildman–Crippen MR) is 104 cm³/mol. The van der Waals surface area contributed by atoms with Crippen LogP contribution in [0.5, 0.6) is 5.75 Å². The number of nitrogens with zero attached hydrogens (tertiary/aromatic N) is 3. The number of hydrogen-bond acceptors (Lipinski definition) is 4. The monoisotopic (exact) mass is 368 g/mol. The molecule has 2 bridgehead atoms. The van der Waals surface area contributed by atoms with E-state index in [0.717, 1.165) is 29.7 Å². The van der Waals surface area contributed by atoms with Crippen molar-refractivity contribution in [2.24, 2.45) is 0 Å². The number of rotatable bonds is 5. The molecule has 6 nitrogen and oxygen atoms in total. The summed E-state index contributed by atoms with van der Waals surface area (Å²) in [5.41, 5.74) is 2.78. The zero-order valence-electron chi connectivity index (χ0n) is 16.3. The summed E-state index contributed by atoms with van der Waals surface area (Å²) in [6.07, 6.45) is 6.36. The summed E-state index contributed by atoms with van der Waals surface area (Å²) in [6, 6.07) is 9.33. The van der Waals surface area contributed by atoms with Gasteiger partial charge in [0.25, 0.3) is 5.91 Å². The third kappa shape index (κ3) is 4.00. The molecule has 27 heavy (non-hydrogen) atoms. The van der Waals surface area contributed by atoms with Crippen molar-refractivity contribution in [1.29, 1.82) is 0 Å². The first-order valence-electron chi connectivity index (χ1n) is 9.75. The van der Waals surface area contributed by atoms with E-state index in [1.165, 1.54) is 12.8 Å². The zero-order chi connectivity index (χ0) is 19.0. The maximum atomic E-state index is 12.6. The minimum absolute atomic E-state index is 0.0888. The number of aromatic nitrogens is 2. The lowest BCUT2D eigenvalue weighted by atomic mass is 9.98. The van der Waals surface area contributed by atoms with E-state index in [0.29, 0.717) is 17.8 Å². The van der Waals surface area contributed by atoms with E-state index < -0.39 is 0 Å². The van der Waals surface area contributed by atoms with Gasteiger partial charge in [-0.15, -0.1) is 0 Å². The smallest absolute Gasteiger partial charge is 0.271 e. The van der Waals surface area contributed by atoms with Gasteiger partial charge in [0.05, 0.1) is 0 Å². The molecular weight excluding hydrogens is 340 g/mol. The second-order valence-corrected chi connectivity index (χ2v) is 8.03. The second-order valence-electron chi connectivity index (χ2n) is 8.03. The minimum atomic E-state index is -0.0888. The van der Waals surface area contributed by atoms with Gasteiger partial charge in [0.1, 0.15) is 11.4 Å². The lowest BCUT2D eigenvalue weighted by molar-refractivity contribution is 0.0875. The summed E-state index contributed by atoms with van der Waals surface area (Å²) in [4.78, 5) is 15.0. The van der Waals surface area contributed by atoms with Crippen molar-refractivity contribution < 1.29 is 9.53 Å². The number of aryl methyl sites for hydroxylation is 2. The number of benzene rings is 1. The maximum Gasteiger partial charge on any atom is 0.271 e. The predicted octanol–water partition coefficient (Wildman–Crippen LogP) is 2.89. The van der Waals surface area contributed by atoms with Crippen LogP contribution in [0.4, 0.5) is 0 Å². The average molecular weight is 368 g/mol. The molecule has 1 amide bonds. The highest BCUT2D eigenvalue weighted by Gasteiger charge is 2.38. The molecule has 2 aliphatic rings. The van der Waals surface area contributed by atoms with E-state index in [1.54, 1.807) is 16.9 Å². The van der Waals surface area contributed by atoms with Crippen molar-refractivity contribution in [3.63, 3.8) is 0 Å². The van der Waals surface area contributed by atoms with Crippen molar-refractivity contribution in [3.05, 3.63) is 47.3 Å². The highest BCUT2D eigenvalue weighted by atomic mass is 16.5. The summed E-state index contributed by atoms with van der Waals surface area (Å²) in [5.74, 6) is 0.727. The minimum Gasteiger partial charge on any atom is -0.471 e. The third-order valence-electron chi connectivity index (χ3n) is 5.87. The van der Waals surface area contributed by atoms with Crippen molar-refractivity contribution >= 4 is 5.91 Å². The van der Waals surface area contributed by atoms with Crippen LogP contribution in [0.3, 0.4) is 0 Å². The molecule has 4 rings (SSSR count). The average Bonchev–Trinajstić information content (AvgIpc) is 3.15. The maximum absolute atomic E-state index is 12.6. The summed E-state index contributed by atoms with van der Waals surface area (Å²) >= 11 is 0. The van der Waals surface area contributed by atoms with Gasteiger partial charge < -0.3 is 15.0 Å². The first kappa shape index (κ1) is 18.0. The molecule has 2 atom stereocenters. The molecule has 2 fully saturated rings. The van der Waals surface area contributed by atoms with E-state index >= 15 is 0 Å². The SMILES string of the molecule is Cc1cc(C)cc(OCn2ccc(C(=O)NC3CC4CCC(C3)N4C)n2)c1.